The van der Waals surface area contributed by atoms with E-state index in [0.29, 0.717) is 0 Å². The number of carbonyl (C=O) groups excluding carboxylic acids is 2. The molecule has 0 aliphatic carbocycles. The molecule has 45 valence electrons. The summed E-state index contributed by atoms with van der Waals surface area (Å²) in [6.07, 6.45) is 0. The molecule has 0 aromatic carbocycles. The maximum Gasteiger partial charge on any atom is 0.0870 e. The standard InChI is InChI=1S/C2H2O4.V.W/c3-1(4)2(5)6;;/h(H,3,4)(H,5,6);;/p-2. The van der Waals surface area contributed by atoms with E-state index in [-0.39, 0.29) is 39.6 Å². The Kier molecular flexibility index (Phi) is 14.2. The van der Waals surface area contributed by atoms with Gasteiger partial charge in [-0.25, -0.2) is 0 Å². The summed E-state index contributed by atoms with van der Waals surface area (Å²) in [5.74, 6) is -4.37. The summed E-state index contributed by atoms with van der Waals surface area (Å²) < 4.78 is 0. The van der Waals surface area contributed by atoms with Gasteiger partial charge in [0.05, 0.1) is 11.9 Å². The van der Waals surface area contributed by atoms with Crippen LogP contribution in [0, 0.1) is 0 Å². The van der Waals surface area contributed by atoms with Gasteiger partial charge in [-0.2, -0.15) is 0 Å². The number of hydrogen-bond acceptors (Lipinski definition) is 4. The summed E-state index contributed by atoms with van der Waals surface area (Å²) in [6, 6.07) is 0. The zero-order valence-electron chi connectivity index (χ0n) is 3.49. The Labute approximate surface area is 71.4 Å². The van der Waals surface area contributed by atoms with Crippen LogP contribution in [0.15, 0.2) is 0 Å². The average Bonchev–Trinajstić information content (AvgIpc) is 1.36. The van der Waals surface area contributed by atoms with Gasteiger partial charge in [0.15, 0.2) is 0 Å². The first-order valence-corrected chi connectivity index (χ1v) is 1.07. The fourth-order valence-corrected chi connectivity index (χ4v) is 0. The van der Waals surface area contributed by atoms with Crippen molar-refractivity contribution < 1.29 is 59.4 Å². The molecule has 0 heterocycles. The van der Waals surface area contributed by atoms with Gasteiger partial charge in [-0.3, -0.25) is 0 Å². The number of carbonyl (C=O) groups is 2. The van der Waals surface area contributed by atoms with E-state index >= 15 is 0 Å². The van der Waals surface area contributed by atoms with Gasteiger partial charge in [-0.15, -0.1) is 0 Å². The van der Waals surface area contributed by atoms with Crippen LogP contribution in [-0.4, -0.2) is 11.9 Å². The van der Waals surface area contributed by atoms with Gasteiger partial charge < -0.3 is 19.8 Å². The summed E-state index contributed by atoms with van der Waals surface area (Å²) in [7, 11) is 0. The van der Waals surface area contributed by atoms with E-state index in [1.165, 1.54) is 0 Å². The summed E-state index contributed by atoms with van der Waals surface area (Å²) in [5, 5.41) is 17.9. The van der Waals surface area contributed by atoms with Gasteiger partial charge in [0.25, 0.3) is 0 Å². The van der Waals surface area contributed by atoms with Gasteiger partial charge in [0.1, 0.15) is 0 Å². The van der Waals surface area contributed by atoms with E-state index in [9.17, 15) is 0 Å². The number of carboxylic acids is 2. The van der Waals surface area contributed by atoms with Crippen molar-refractivity contribution in [1.82, 2.24) is 0 Å². The topological polar surface area (TPSA) is 80.3 Å². The van der Waals surface area contributed by atoms with Crippen LogP contribution >= 0.6 is 0 Å². The third kappa shape index (κ3) is 9.51. The molecule has 0 fully saturated rings. The van der Waals surface area contributed by atoms with Crippen molar-refractivity contribution in [3.8, 4) is 0 Å². The third-order valence-electron chi connectivity index (χ3n) is 0.167. The van der Waals surface area contributed by atoms with E-state index in [4.69, 9.17) is 19.8 Å². The van der Waals surface area contributed by atoms with Gasteiger partial charge in [0.2, 0.25) is 0 Å². The second-order valence-corrected chi connectivity index (χ2v) is 0.575. The van der Waals surface area contributed by atoms with Crippen LogP contribution in [0.5, 0.6) is 0 Å². The molecule has 0 saturated heterocycles. The molecule has 0 N–H and O–H groups in total. The van der Waals surface area contributed by atoms with Crippen molar-refractivity contribution in [3.63, 3.8) is 0 Å². The van der Waals surface area contributed by atoms with Crippen LogP contribution in [0.4, 0.5) is 0 Å². The molecular formula is C2O4VW-2. The molecule has 0 aromatic rings. The Balaban J connectivity index is -0.000000125. The van der Waals surface area contributed by atoms with Crippen molar-refractivity contribution in [2.45, 2.75) is 0 Å². The summed E-state index contributed by atoms with van der Waals surface area (Å²) in [4.78, 5) is 17.9. The Hall–Kier alpha value is 0.213. The minimum absolute atomic E-state index is 0. The van der Waals surface area contributed by atoms with Crippen molar-refractivity contribution in [2.75, 3.05) is 0 Å². The first-order chi connectivity index (χ1) is 2.64. The zero-order valence-corrected chi connectivity index (χ0v) is 7.82. The normalized spacial score (nSPS) is 5.50. The van der Waals surface area contributed by atoms with E-state index < -0.39 is 11.9 Å². The van der Waals surface area contributed by atoms with Gasteiger partial charge in [-0.05, 0) is 0 Å². The SMILES string of the molecule is O=C([O-])C(=O)[O-].[V].[W]. The first kappa shape index (κ1) is 15.7. The van der Waals surface area contributed by atoms with E-state index in [0.717, 1.165) is 0 Å². The van der Waals surface area contributed by atoms with Crippen LogP contribution in [0.3, 0.4) is 0 Å². The van der Waals surface area contributed by atoms with Crippen molar-refractivity contribution in [1.29, 1.82) is 0 Å². The molecular weight excluding hydrogens is 323 g/mol. The molecule has 8 heavy (non-hydrogen) atoms. The third-order valence-corrected chi connectivity index (χ3v) is 0.167. The van der Waals surface area contributed by atoms with Crippen LogP contribution < -0.4 is 10.2 Å². The monoisotopic (exact) mass is 323 g/mol. The molecule has 0 unspecified atom stereocenters. The number of rotatable bonds is 0. The fourth-order valence-electron chi connectivity index (χ4n) is 0. The smallest absolute Gasteiger partial charge is 0.0870 e. The quantitative estimate of drug-likeness (QED) is 0.433. The maximum absolute atomic E-state index is 8.93. The molecule has 0 aliphatic rings. The van der Waals surface area contributed by atoms with E-state index in [1.54, 1.807) is 0 Å². The molecule has 6 heteroatoms. The average molecular weight is 323 g/mol. The zero-order chi connectivity index (χ0) is 5.15. The molecule has 1 radical (unpaired) electrons. The summed E-state index contributed by atoms with van der Waals surface area (Å²) >= 11 is 0. The number of hydrogen-bond donors (Lipinski definition) is 0. The molecule has 0 rings (SSSR count). The molecule has 0 spiro atoms. The van der Waals surface area contributed by atoms with Crippen molar-refractivity contribution in [2.24, 2.45) is 0 Å². The van der Waals surface area contributed by atoms with Gasteiger partial charge >= 0.3 is 0 Å². The van der Waals surface area contributed by atoms with Crippen LogP contribution in [0.25, 0.3) is 0 Å². The molecule has 0 saturated carbocycles. The molecule has 0 aliphatic heterocycles. The Morgan fingerprint density at radius 2 is 1.12 bits per heavy atom. The fraction of sp³-hybridized carbons (Fsp3) is 0. The second-order valence-electron chi connectivity index (χ2n) is 0.575. The minimum Gasteiger partial charge on any atom is -0.543 e. The summed E-state index contributed by atoms with van der Waals surface area (Å²) in [6.45, 7) is 0. The van der Waals surface area contributed by atoms with E-state index in [1.807, 2.05) is 0 Å². The molecule has 0 aromatic heterocycles. The van der Waals surface area contributed by atoms with Gasteiger partial charge in [0, 0.05) is 39.6 Å². The van der Waals surface area contributed by atoms with Crippen molar-refractivity contribution >= 4 is 11.9 Å². The molecule has 0 atom stereocenters. The Morgan fingerprint density at radius 1 is 1.00 bits per heavy atom. The molecule has 0 bridgehead atoms. The Bertz CT molecular complexity index is 80.0. The van der Waals surface area contributed by atoms with Crippen LogP contribution in [-0.2, 0) is 49.2 Å². The van der Waals surface area contributed by atoms with Crippen LogP contribution in [0.1, 0.15) is 0 Å². The van der Waals surface area contributed by atoms with Crippen molar-refractivity contribution in [3.05, 3.63) is 0 Å². The Morgan fingerprint density at radius 3 is 1.12 bits per heavy atom. The molecule has 4 nitrogen and oxygen atoms in total. The number of aliphatic carboxylic acids is 2. The predicted octanol–water partition coefficient (Wildman–Crippen LogP) is -3.52. The maximum atomic E-state index is 8.93. The summed E-state index contributed by atoms with van der Waals surface area (Å²) in [5.41, 5.74) is 0. The van der Waals surface area contributed by atoms with E-state index in [2.05, 4.69) is 0 Å². The van der Waals surface area contributed by atoms with Gasteiger partial charge in [-0.1, -0.05) is 0 Å². The second kappa shape index (κ2) is 7.21. The largest absolute Gasteiger partial charge is 0.543 e. The predicted molar refractivity (Wildman–Crippen MR) is 10.0 cm³/mol. The number of carboxylic acid groups (broad SMARTS) is 2. The minimum atomic E-state index is -2.19. The van der Waals surface area contributed by atoms with Crippen LogP contribution in [0.2, 0.25) is 0 Å². The first-order valence-electron chi connectivity index (χ1n) is 1.07. The molecule has 0 amide bonds.